The van der Waals surface area contributed by atoms with Gasteiger partial charge < -0.3 is 5.11 Å². The van der Waals surface area contributed by atoms with Crippen molar-refractivity contribution < 1.29 is 18.3 Å². The van der Waals surface area contributed by atoms with Crippen LogP contribution in [0.25, 0.3) is 0 Å². The minimum atomic E-state index is -4.39. The average Bonchev–Trinajstić information content (AvgIpc) is 2.40. The van der Waals surface area contributed by atoms with Gasteiger partial charge in [0.05, 0.1) is 11.7 Å². The monoisotopic (exact) mass is 377 g/mol. The first kappa shape index (κ1) is 16.3. The second-order valence-corrected chi connectivity index (χ2v) is 6.32. The number of alkyl halides is 3. The summed E-state index contributed by atoms with van der Waals surface area (Å²) in [6.07, 6.45) is -4.26. The summed E-state index contributed by atoms with van der Waals surface area (Å²) in [7, 11) is 0. The molecule has 2 nitrogen and oxygen atoms in total. The van der Waals surface area contributed by atoms with Crippen molar-refractivity contribution in [2.24, 2.45) is 0 Å². The second kappa shape index (κ2) is 6.37. The Kier molecular flexibility index (Phi) is 4.95. The van der Waals surface area contributed by atoms with E-state index < -0.39 is 17.8 Å². The predicted molar refractivity (Wildman–Crippen MR) is 78.1 cm³/mol. The Balaban J connectivity index is 2.26. The lowest BCUT2D eigenvalue weighted by Gasteiger charge is -2.12. The van der Waals surface area contributed by atoms with Crippen LogP contribution in [0.1, 0.15) is 24.2 Å². The molecule has 1 atom stereocenters. The van der Waals surface area contributed by atoms with E-state index in [4.69, 9.17) is 0 Å². The fourth-order valence-electron chi connectivity index (χ4n) is 1.66. The highest BCUT2D eigenvalue weighted by molar-refractivity contribution is 9.10. The smallest absolute Gasteiger partial charge is 0.389 e. The molecule has 1 heterocycles. The van der Waals surface area contributed by atoms with Crippen LogP contribution in [0.5, 0.6) is 0 Å². The number of benzene rings is 1. The van der Waals surface area contributed by atoms with Gasteiger partial charge in [0.15, 0.2) is 0 Å². The number of hydrogen-bond donors (Lipinski definition) is 1. The molecule has 0 aliphatic carbocycles. The summed E-state index contributed by atoms with van der Waals surface area (Å²) in [6.45, 7) is 1.63. The first-order valence-electron chi connectivity index (χ1n) is 5.96. The number of halogens is 4. The zero-order chi connectivity index (χ0) is 15.6. The second-order valence-electron chi connectivity index (χ2n) is 4.34. The summed E-state index contributed by atoms with van der Waals surface area (Å²) in [5.74, 6) is 0. The van der Waals surface area contributed by atoms with Crippen LogP contribution < -0.4 is 0 Å². The fourth-order valence-corrected chi connectivity index (χ4v) is 2.99. The SMILES string of the molecule is CC(O)c1cc(Br)ccc1Sc1ccc(C(F)(F)F)cn1. The Morgan fingerprint density at radius 3 is 2.48 bits per heavy atom. The topological polar surface area (TPSA) is 33.1 Å². The van der Waals surface area contributed by atoms with E-state index in [9.17, 15) is 18.3 Å². The molecule has 0 aliphatic rings. The Morgan fingerprint density at radius 2 is 1.95 bits per heavy atom. The minimum Gasteiger partial charge on any atom is -0.389 e. The molecule has 2 aromatic rings. The van der Waals surface area contributed by atoms with Gasteiger partial charge in [0.2, 0.25) is 0 Å². The van der Waals surface area contributed by atoms with Crippen LogP contribution in [0.2, 0.25) is 0 Å². The van der Waals surface area contributed by atoms with Crippen LogP contribution in [0.15, 0.2) is 50.9 Å². The van der Waals surface area contributed by atoms with Gasteiger partial charge in [0.25, 0.3) is 0 Å². The van der Waals surface area contributed by atoms with E-state index in [1.807, 2.05) is 0 Å². The average molecular weight is 378 g/mol. The minimum absolute atomic E-state index is 0.437. The Hall–Kier alpha value is -1.05. The molecule has 0 amide bonds. The fraction of sp³-hybridized carbons (Fsp3) is 0.214. The van der Waals surface area contributed by atoms with Crippen molar-refractivity contribution >= 4 is 27.7 Å². The van der Waals surface area contributed by atoms with Crippen LogP contribution in [-0.2, 0) is 6.18 Å². The highest BCUT2D eigenvalue weighted by atomic mass is 79.9. The van der Waals surface area contributed by atoms with Crippen molar-refractivity contribution in [1.29, 1.82) is 0 Å². The number of nitrogens with zero attached hydrogens (tertiary/aromatic N) is 1. The maximum Gasteiger partial charge on any atom is 0.417 e. The number of hydrogen-bond acceptors (Lipinski definition) is 3. The summed E-state index contributed by atoms with van der Waals surface area (Å²) in [5, 5.41) is 10.2. The van der Waals surface area contributed by atoms with Gasteiger partial charge in [-0.25, -0.2) is 4.98 Å². The van der Waals surface area contributed by atoms with E-state index in [0.717, 1.165) is 21.6 Å². The Bertz CT molecular complexity index is 629. The van der Waals surface area contributed by atoms with Gasteiger partial charge in [0.1, 0.15) is 5.03 Å². The molecule has 0 radical (unpaired) electrons. The van der Waals surface area contributed by atoms with Crippen molar-refractivity contribution in [3.05, 3.63) is 52.1 Å². The molecule has 7 heteroatoms. The number of pyridine rings is 1. The first-order valence-corrected chi connectivity index (χ1v) is 7.57. The lowest BCUT2D eigenvalue weighted by Crippen LogP contribution is -2.05. The quantitative estimate of drug-likeness (QED) is 0.810. The largest absolute Gasteiger partial charge is 0.417 e. The lowest BCUT2D eigenvalue weighted by atomic mass is 10.1. The van der Waals surface area contributed by atoms with E-state index in [-0.39, 0.29) is 0 Å². The van der Waals surface area contributed by atoms with Gasteiger partial charge in [0, 0.05) is 15.6 Å². The predicted octanol–water partition coefficient (Wildman–Crippen LogP) is 5.07. The molecular weight excluding hydrogens is 367 g/mol. The van der Waals surface area contributed by atoms with Crippen molar-refractivity contribution in [3.63, 3.8) is 0 Å². The highest BCUT2D eigenvalue weighted by Gasteiger charge is 2.30. The molecular formula is C14H11BrF3NOS. The summed E-state index contributed by atoms with van der Waals surface area (Å²) >= 11 is 4.53. The molecule has 112 valence electrons. The zero-order valence-corrected chi connectivity index (χ0v) is 13.3. The molecule has 0 bridgehead atoms. The molecule has 1 unspecified atom stereocenters. The zero-order valence-electron chi connectivity index (χ0n) is 10.9. The maximum atomic E-state index is 12.5. The summed E-state index contributed by atoms with van der Waals surface area (Å²) in [5.41, 5.74) is -0.0884. The van der Waals surface area contributed by atoms with Gasteiger partial charge in [-0.2, -0.15) is 13.2 Å². The molecule has 0 saturated carbocycles. The maximum absolute atomic E-state index is 12.5. The normalized spacial score (nSPS) is 13.2. The molecule has 1 N–H and O–H groups in total. The third-order valence-electron chi connectivity index (χ3n) is 2.70. The van der Waals surface area contributed by atoms with E-state index in [2.05, 4.69) is 20.9 Å². The molecule has 0 saturated heterocycles. The summed E-state index contributed by atoms with van der Waals surface area (Å²) in [6, 6.07) is 7.68. The van der Waals surface area contributed by atoms with Crippen LogP contribution in [0.3, 0.4) is 0 Å². The first-order chi connectivity index (χ1) is 9.77. The van der Waals surface area contributed by atoms with Crippen molar-refractivity contribution in [1.82, 2.24) is 4.98 Å². The molecule has 0 fully saturated rings. The Labute approximate surface area is 132 Å². The standard InChI is InChI=1S/C14H11BrF3NOS/c1-8(20)11-6-10(15)3-4-12(11)21-13-5-2-9(7-19-13)14(16,17)18/h2-8,20H,1H3. The third-order valence-corrected chi connectivity index (χ3v) is 4.24. The van der Waals surface area contributed by atoms with Crippen molar-refractivity contribution in [2.45, 2.75) is 29.1 Å². The van der Waals surface area contributed by atoms with Gasteiger partial charge in [-0.15, -0.1) is 0 Å². The number of aliphatic hydroxyl groups excluding tert-OH is 1. The van der Waals surface area contributed by atoms with E-state index in [1.165, 1.54) is 17.8 Å². The van der Waals surface area contributed by atoms with E-state index in [0.29, 0.717) is 10.6 Å². The number of rotatable bonds is 3. The van der Waals surface area contributed by atoms with Crippen LogP contribution in [0.4, 0.5) is 13.2 Å². The number of aromatic nitrogens is 1. The van der Waals surface area contributed by atoms with Crippen LogP contribution >= 0.6 is 27.7 Å². The van der Waals surface area contributed by atoms with Gasteiger partial charge in [-0.3, -0.25) is 0 Å². The molecule has 1 aromatic carbocycles. The number of aliphatic hydroxyl groups is 1. The lowest BCUT2D eigenvalue weighted by molar-refractivity contribution is -0.137. The van der Waals surface area contributed by atoms with Crippen molar-refractivity contribution in [2.75, 3.05) is 0 Å². The summed E-state index contributed by atoms with van der Waals surface area (Å²) < 4.78 is 38.2. The van der Waals surface area contributed by atoms with Gasteiger partial charge >= 0.3 is 6.18 Å². The summed E-state index contributed by atoms with van der Waals surface area (Å²) in [4.78, 5) is 4.56. The van der Waals surface area contributed by atoms with Crippen LogP contribution in [-0.4, -0.2) is 10.1 Å². The van der Waals surface area contributed by atoms with E-state index >= 15 is 0 Å². The molecule has 0 aliphatic heterocycles. The van der Waals surface area contributed by atoms with E-state index in [1.54, 1.807) is 25.1 Å². The highest BCUT2D eigenvalue weighted by Crippen LogP contribution is 2.35. The Morgan fingerprint density at radius 1 is 1.24 bits per heavy atom. The van der Waals surface area contributed by atoms with Gasteiger partial charge in [-0.1, -0.05) is 27.7 Å². The molecule has 2 rings (SSSR count). The van der Waals surface area contributed by atoms with Crippen molar-refractivity contribution in [3.8, 4) is 0 Å². The molecule has 21 heavy (non-hydrogen) atoms. The third kappa shape index (κ3) is 4.21. The molecule has 1 aromatic heterocycles. The van der Waals surface area contributed by atoms with Gasteiger partial charge in [-0.05, 0) is 42.8 Å². The van der Waals surface area contributed by atoms with Crippen LogP contribution in [0, 0.1) is 0 Å². The molecule has 0 spiro atoms.